The number of hydrogen-bond donors (Lipinski definition) is 2. The van der Waals surface area contributed by atoms with Crippen LogP contribution in [0.4, 0.5) is 10.8 Å². The average molecular weight is 370 g/mol. The lowest BCUT2D eigenvalue weighted by molar-refractivity contribution is -0.116. The fourth-order valence-corrected chi connectivity index (χ4v) is 3.31. The van der Waals surface area contributed by atoms with E-state index in [1.165, 1.54) is 18.3 Å². The zero-order valence-electron chi connectivity index (χ0n) is 11.8. The van der Waals surface area contributed by atoms with Crippen LogP contribution in [0, 0.1) is 0 Å². The van der Waals surface area contributed by atoms with Crippen molar-refractivity contribution in [2.45, 2.75) is 31.5 Å². The first-order chi connectivity index (χ1) is 9.99. The Morgan fingerprint density at radius 3 is 2.81 bits per heavy atom. The highest BCUT2D eigenvalue weighted by atomic mass is 79.9. The number of carbonyl (C=O) groups is 2. The Balaban J connectivity index is 2.15. The molecule has 2 N–H and O–H groups in total. The molecule has 0 aliphatic rings. The first-order valence-electron chi connectivity index (χ1n) is 6.62. The lowest BCUT2D eigenvalue weighted by Gasteiger charge is -2.06. The average Bonchev–Trinajstić information content (AvgIpc) is 2.79. The highest BCUT2D eigenvalue weighted by Gasteiger charge is 2.15. The molecule has 0 aliphatic heterocycles. The number of benzene rings is 1. The molecule has 0 radical (unpaired) electrons. The molecule has 112 valence electrons. The molecule has 2 aromatic rings. The number of rotatable bonds is 5. The van der Waals surface area contributed by atoms with Gasteiger partial charge in [0, 0.05) is 12.6 Å². The molecule has 0 bridgehead atoms. The molecule has 0 spiro atoms. The molecule has 1 aromatic heterocycles. The monoisotopic (exact) mass is 369 g/mol. The number of nitrogens with zero attached hydrogens (tertiary/aromatic N) is 1. The van der Waals surface area contributed by atoms with Gasteiger partial charge in [-0.25, -0.2) is 4.98 Å². The molecule has 0 fully saturated rings. The molecule has 21 heavy (non-hydrogen) atoms. The minimum absolute atomic E-state index is 0.0852. The van der Waals surface area contributed by atoms with Gasteiger partial charge in [0.05, 0.1) is 15.0 Å². The van der Waals surface area contributed by atoms with Crippen LogP contribution in [0.3, 0.4) is 0 Å². The van der Waals surface area contributed by atoms with Crippen LogP contribution in [0.5, 0.6) is 0 Å². The summed E-state index contributed by atoms with van der Waals surface area (Å²) in [7, 11) is 0. The molecule has 1 unspecified atom stereocenters. The van der Waals surface area contributed by atoms with E-state index in [2.05, 4.69) is 31.5 Å². The van der Waals surface area contributed by atoms with E-state index in [1.807, 2.05) is 19.1 Å². The number of carbonyl (C=O) groups excluding carboxylic acids is 2. The van der Waals surface area contributed by atoms with Crippen LogP contribution < -0.4 is 10.6 Å². The quantitative estimate of drug-likeness (QED) is 0.788. The van der Waals surface area contributed by atoms with Crippen LogP contribution in [0.1, 0.15) is 26.7 Å². The smallest absolute Gasteiger partial charge is 0.239 e. The standard InChI is InChI=1S/C14H16BrN3O2S/c1-3-4-10(15)13(20)18-14-17-11-6-5-9(16-8(2)19)7-12(11)21-14/h5-7,10H,3-4H2,1-2H3,(H,16,19)(H,17,18,20). The van der Waals surface area contributed by atoms with Gasteiger partial charge in [-0.15, -0.1) is 0 Å². The first-order valence-corrected chi connectivity index (χ1v) is 8.36. The van der Waals surface area contributed by atoms with Crippen LogP contribution >= 0.6 is 27.3 Å². The molecule has 5 nitrogen and oxygen atoms in total. The Bertz CT molecular complexity index is 671. The molecule has 0 aliphatic carbocycles. The third kappa shape index (κ3) is 4.25. The number of fused-ring (bicyclic) bond motifs is 1. The van der Waals surface area contributed by atoms with Gasteiger partial charge in [0.15, 0.2) is 5.13 Å². The van der Waals surface area contributed by atoms with Crippen molar-refractivity contribution in [3.8, 4) is 0 Å². The van der Waals surface area contributed by atoms with Crippen molar-refractivity contribution in [2.24, 2.45) is 0 Å². The topological polar surface area (TPSA) is 71.1 Å². The van der Waals surface area contributed by atoms with E-state index in [4.69, 9.17) is 0 Å². The molecule has 0 saturated carbocycles. The summed E-state index contributed by atoms with van der Waals surface area (Å²) < 4.78 is 0.915. The number of hydrogen-bond acceptors (Lipinski definition) is 4. The zero-order chi connectivity index (χ0) is 15.4. The van der Waals surface area contributed by atoms with E-state index >= 15 is 0 Å². The summed E-state index contributed by atoms with van der Waals surface area (Å²) in [6, 6.07) is 5.46. The summed E-state index contributed by atoms with van der Waals surface area (Å²) in [6.45, 7) is 3.50. The normalized spacial score (nSPS) is 12.1. The van der Waals surface area contributed by atoms with Crippen LogP contribution in [0.25, 0.3) is 10.2 Å². The van der Waals surface area contributed by atoms with Crippen LogP contribution in [0.15, 0.2) is 18.2 Å². The van der Waals surface area contributed by atoms with Gasteiger partial charge in [-0.05, 0) is 24.6 Å². The molecule has 1 aromatic carbocycles. The number of halogens is 1. The van der Waals surface area contributed by atoms with Gasteiger partial charge in [0.25, 0.3) is 0 Å². The van der Waals surface area contributed by atoms with Gasteiger partial charge in [-0.1, -0.05) is 40.6 Å². The van der Waals surface area contributed by atoms with E-state index in [0.29, 0.717) is 5.13 Å². The Morgan fingerprint density at radius 2 is 2.14 bits per heavy atom. The van der Waals surface area contributed by atoms with E-state index in [0.717, 1.165) is 28.7 Å². The lowest BCUT2D eigenvalue weighted by Crippen LogP contribution is -2.22. The number of amides is 2. The summed E-state index contributed by atoms with van der Waals surface area (Å²) >= 11 is 4.75. The molecule has 7 heteroatoms. The van der Waals surface area contributed by atoms with Crippen molar-refractivity contribution in [3.05, 3.63) is 18.2 Å². The van der Waals surface area contributed by atoms with Crippen LogP contribution in [0.2, 0.25) is 0 Å². The van der Waals surface area contributed by atoms with Gasteiger partial charge >= 0.3 is 0 Å². The van der Waals surface area contributed by atoms with Crippen LogP contribution in [-0.4, -0.2) is 21.6 Å². The summed E-state index contributed by atoms with van der Waals surface area (Å²) in [5.74, 6) is -0.202. The van der Waals surface area contributed by atoms with E-state index in [1.54, 1.807) is 6.07 Å². The van der Waals surface area contributed by atoms with E-state index in [9.17, 15) is 9.59 Å². The Kier molecular flexibility index (Phi) is 5.30. The Morgan fingerprint density at radius 1 is 1.38 bits per heavy atom. The second-order valence-corrected chi connectivity index (χ2v) is 6.76. The van der Waals surface area contributed by atoms with Crippen LogP contribution in [-0.2, 0) is 9.59 Å². The van der Waals surface area contributed by atoms with Crippen molar-refractivity contribution in [1.82, 2.24) is 4.98 Å². The second kappa shape index (κ2) is 7.00. The molecule has 1 atom stereocenters. The Labute approximate surface area is 135 Å². The summed E-state index contributed by atoms with van der Waals surface area (Å²) in [6.07, 6.45) is 1.71. The summed E-state index contributed by atoms with van der Waals surface area (Å²) in [4.78, 5) is 27.2. The highest BCUT2D eigenvalue weighted by Crippen LogP contribution is 2.28. The van der Waals surface area contributed by atoms with Crippen molar-refractivity contribution in [3.63, 3.8) is 0 Å². The van der Waals surface area contributed by atoms with Crippen molar-refractivity contribution >= 4 is 60.1 Å². The Hall–Kier alpha value is -1.47. The summed E-state index contributed by atoms with van der Waals surface area (Å²) in [5.41, 5.74) is 1.52. The third-order valence-electron chi connectivity index (χ3n) is 2.77. The van der Waals surface area contributed by atoms with Gasteiger partial charge < -0.3 is 10.6 Å². The molecule has 2 rings (SSSR count). The predicted molar refractivity (Wildman–Crippen MR) is 90.2 cm³/mol. The maximum absolute atomic E-state index is 11.9. The SMILES string of the molecule is CCCC(Br)C(=O)Nc1nc2ccc(NC(C)=O)cc2s1. The molecular weight excluding hydrogens is 354 g/mol. The molecular formula is C14H16BrN3O2S. The highest BCUT2D eigenvalue weighted by molar-refractivity contribution is 9.10. The number of thiazole rings is 1. The molecule has 1 heterocycles. The van der Waals surface area contributed by atoms with E-state index < -0.39 is 0 Å². The fourth-order valence-electron chi connectivity index (χ4n) is 1.83. The lowest BCUT2D eigenvalue weighted by atomic mass is 10.2. The number of nitrogens with one attached hydrogen (secondary N) is 2. The summed E-state index contributed by atoms with van der Waals surface area (Å²) in [5, 5.41) is 6.10. The maximum Gasteiger partial charge on any atom is 0.239 e. The van der Waals surface area contributed by atoms with Crippen molar-refractivity contribution in [1.29, 1.82) is 0 Å². The largest absolute Gasteiger partial charge is 0.326 e. The van der Waals surface area contributed by atoms with Gasteiger partial charge in [-0.3, -0.25) is 9.59 Å². The fraction of sp³-hybridized carbons (Fsp3) is 0.357. The molecule has 2 amide bonds. The second-order valence-electron chi connectivity index (χ2n) is 4.63. The van der Waals surface area contributed by atoms with Gasteiger partial charge in [0.1, 0.15) is 0 Å². The van der Waals surface area contributed by atoms with Gasteiger partial charge in [0.2, 0.25) is 11.8 Å². The van der Waals surface area contributed by atoms with Gasteiger partial charge in [-0.2, -0.15) is 0 Å². The maximum atomic E-state index is 11.9. The predicted octanol–water partition coefficient (Wildman–Crippen LogP) is 3.76. The van der Waals surface area contributed by atoms with E-state index in [-0.39, 0.29) is 16.6 Å². The minimum atomic E-state index is -0.204. The number of anilines is 2. The van der Waals surface area contributed by atoms with Crippen molar-refractivity contribution < 1.29 is 9.59 Å². The minimum Gasteiger partial charge on any atom is -0.326 e. The number of aromatic nitrogens is 1. The van der Waals surface area contributed by atoms with Crippen molar-refractivity contribution in [2.75, 3.05) is 10.6 Å². The third-order valence-corrected chi connectivity index (χ3v) is 4.57. The molecule has 0 saturated heterocycles. The first kappa shape index (κ1) is 15.9. The number of alkyl halides is 1. The zero-order valence-corrected chi connectivity index (χ0v) is 14.2.